The maximum atomic E-state index is 11.6. The Bertz CT molecular complexity index is 609. The van der Waals surface area contributed by atoms with E-state index in [9.17, 15) is 4.79 Å². The van der Waals surface area contributed by atoms with Crippen molar-refractivity contribution in [3.8, 4) is 5.75 Å². The summed E-state index contributed by atoms with van der Waals surface area (Å²) in [7, 11) is -1.70. The zero-order valence-corrected chi connectivity index (χ0v) is 16.5. The molecule has 134 valence electrons. The summed E-state index contributed by atoms with van der Waals surface area (Å²) in [4.78, 5) is 11.6. The van der Waals surface area contributed by atoms with Crippen molar-refractivity contribution < 1.29 is 14.0 Å². The minimum absolute atomic E-state index is 0.0132. The molecule has 0 bridgehead atoms. The molecule has 0 saturated carbocycles. The van der Waals surface area contributed by atoms with E-state index in [-0.39, 0.29) is 10.9 Å². The van der Waals surface area contributed by atoms with E-state index in [4.69, 9.17) is 14.9 Å². The van der Waals surface area contributed by atoms with Crippen molar-refractivity contribution in [2.45, 2.75) is 58.2 Å². The van der Waals surface area contributed by atoms with Crippen LogP contribution in [-0.4, -0.2) is 27.4 Å². The molecule has 0 aromatic heterocycles. The average molecular weight is 351 g/mol. The summed E-state index contributed by atoms with van der Waals surface area (Å²) in [6, 6.07) is 3.67. The number of benzene rings is 1. The fourth-order valence-corrected chi connectivity index (χ4v) is 3.48. The van der Waals surface area contributed by atoms with Crippen molar-refractivity contribution >= 4 is 25.6 Å². The number of hydrogen-bond donors (Lipinski definition) is 2. The van der Waals surface area contributed by atoms with Gasteiger partial charge in [-0.05, 0) is 36.7 Å². The van der Waals surface area contributed by atoms with Crippen LogP contribution >= 0.6 is 0 Å². The lowest BCUT2D eigenvalue weighted by atomic mass is 10.0. The van der Waals surface area contributed by atoms with Crippen molar-refractivity contribution in [2.75, 3.05) is 24.3 Å². The van der Waals surface area contributed by atoms with Gasteiger partial charge in [0.1, 0.15) is 5.75 Å². The first-order valence-corrected chi connectivity index (χ1v) is 11.5. The Morgan fingerprint density at radius 2 is 1.92 bits per heavy atom. The highest BCUT2D eigenvalue weighted by Crippen LogP contribution is 2.37. The fraction of sp³-hybridized carbons (Fsp3) is 0.611. The van der Waals surface area contributed by atoms with Crippen molar-refractivity contribution in [1.82, 2.24) is 0 Å². The van der Waals surface area contributed by atoms with E-state index in [1.807, 2.05) is 12.1 Å². The largest absolute Gasteiger partial charge is 0.491 e. The normalized spacial score (nSPS) is 15.0. The minimum Gasteiger partial charge on any atom is -0.491 e. The summed E-state index contributed by atoms with van der Waals surface area (Å²) >= 11 is 0. The first kappa shape index (κ1) is 18.8. The summed E-state index contributed by atoms with van der Waals surface area (Å²) in [5, 5.41) is 3.10. The summed E-state index contributed by atoms with van der Waals surface area (Å²) in [5.41, 5.74) is 8.41. The third kappa shape index (κ3) is 4.30. The van der Waals surface area contributed by atoms with Crippen LogP contribution in [0.1, 0.15) is 39.2 Å². The van der Waals surface area contributed by atoms with Gasteiger partial charge in [-0.3, -0.25) is 4.79 Å². The second kappa shape index (κ2) is 7.15. The second-order valence-corrected chi connectivity index (χ2v) is 12.7. The van der Waals surface area contributed by atoms with Gasteiger partial charge in [0.05, 0.1) is 12.3 Å². The van der Waals surface area contributed by atoms with Crippen LogP contribution in [0.2, 0.25) is 18.1 Å². The standard InChI is InChI=1S/C18H30N2O3Si/c1-18(2,3)24(4,5)23-12-6-11-22-15-9-8-14(19)13-7-10-16(21)20-17(13)15/h8-9H,6-7,10-12,19H2,1-5H3,(H,20,21). The summed E-state index contributed by atoms with van der Waals surface area (Å²) < 4.78 is 12.0. The van der Waals surface area contributed by atoms with Crippen molar-refractivity contribution in [3.63, 3.8) is 0 Å². The van der Waals surface area contributed by atoms with Gasteiger partial charge in [0.2, 0.25) is 5.91 Å². The van der Waals surface area contributed by atoms with Gasteiger partial charge in [0.15, 0.2) is 8.32 Å². The molecule has 2 rings (SSSR count). The number of fused-ring (bicyclic) bond motifs is 1. The van der Waals surface area contributed by atoms with Crippen LogP contribution < -0.4 is 15.8 Å². The van der Waals surface area contributed by atoms with Crippen LogP contribution in [0.5, 0.6) is 5.75 Å². The van der Waals surface area contributed by atoms with Gasteiger partial charge in [0.25, 0.3) is 0 Å². The lowest BCUT2D eigenvalue weighted by Gasteiger charge is -2.36. The van der Waals surface area contributed by atoms with Gasteiger partial charge in [-0.25, -0.2) is 0 Å². The maximum Gasteiger partial charge on any atom is 0.224 e. The highest BCUT2D eigenvalue weighted by atomic mass is 28.4. The first-order valence-electron chi connectivity index (χ1n) is 8.60. The lowest BCUT2D eigenvalue weighted by molar-refractivity contribution is -0.116. The SMILES string of the molecule is CC(C)(C)[Si](C)(C)OCCCOc1ccc(N)c2c1NC(=O)CC2. The van der Waals surface area contributed by atoms with E-state index in [1.165, 1.54) is 0 Å². The first-order chi connectivity index (χ1) is 11.1. The zero-order chi connectivity index (χ0) is 18.0. The van der Waals surface area contributed by atoms with E-state index in [1.54, 1.807) is 0 Å². The highest BCUT2D eigenvalue weighted by Gasteiger charge is 2.36. The number of carbonyl (C=O) groups is 1. The molecule has 1 aromatic rings. The number of amides is 1. The Hall–Kier alpha value is -1.53. The number of hydrogen-bond acceptors (Lipinski definition) is 4. The van der Waals surface area contributed by atoms with Crippen LogP contribution in [0, 0.1) is 0 Å². The summed E-state index contributed by atoms with van der Waals surface area (Å²) in [6.45, 7) is 12.5. The smallest absolute Gasteiger partial charge is 0.224 e. The zero-order valence-electron chi connectivity index (χ0n) is 15.5. The number of nitrogen functional groups attached to an aromatic ring is 1. The lowest BCUT2D eigenvalue weighted by Crippen LogP contribution is -2.41. The molecule has 3 N–H and O–H groups in total. The number of anilines is 2. The minimum atomic E-state index is -1.70. The molecule has 1 amide bonds. The average Bonchev–Trinajstić information content (AvgIpc) is 2.47. The number of nitrogens with two attached hydrogens (primary N) is 1. The highest BCUT2D eigenvalue weighted by molar-refractivity contribution is 6.74. The number of rotatable bonds is 6. The Labute approximate surface area is 146 Å². The van der Waals surface area contributed by atoms with E-state index in [0.717, 1.165) is 17.7 Å². The molecule has 0 atom stereocenters. The molecule has 0 saturated heterocycles. The second-order valence-electron chi connectivity index (χ2n) is 7.87. The molecular formula is C18H30N2O3Si. The molecule has 6 heteroatoms. The van der Waals surface area contributed by atoms with Crippen LogP contribution in [0.25, 0.3) is 0 Å². The van der Waals surface area contributed by atoms with E-state index < -0.39 is 8.32 Å². The molecule has 1 aliphatic rings. The van der Waals surface area contributed by atoms with Crippen LogP contribution in [-0.2, 0) is 15.6 Å². The molecule has 0 aliphatic carbocycles. The third-order valence-electron chi connectivity index (χ3n) is 4.99. The number of carbonyl (C=O) groups excluding carboxylic acids is 1. The van der Waals surface area contributed by atoms with Crippen molar-refractivity contribution in [1.29, 1.82) is 0 Å². The molecule has 0 unspecified atom stereocenters. The van der Waals surface area contributed by atoms with Gasteiger partial charge in [-0.15, -0.1) is 0 Å². The molecular weight excluding hydrogens is 320 g/mol. The summed E-state index contributed by atoms with van der Waals surface area (Å²) in [6.07, 6.45) is 1.96. The van der Waals surface area contributed by atoms with Gasteiger partial charge < -0.3 is 20.2 Å². The van der Waals surface area contributed by atoms with E-state index in [2.05, 4.69) is 39.2 Å². The van der Waals surface area contributed by atoms with E-state index >= 15 is 0 Å². The van der Waals surface area contributed by atoms with Crippen molar-refractivity contribution in [3.05, 3.63) is 17.7 Å². The molecule has 24 heavy (non-hydrogen) atoms. The Kier molecular flexibility index (Phi) is 5.60. The van der Waals surface area contributed by atoms with Gasteiger partial charge in [-0.2, -0.15) is 0 Å². The van der Waals surface area contributed by atoms with Crippen molar-refractivity contribution in [2.24, 2.45) is 0 Å². The third-order valence-corrected chi connectivity index (χ3v) is 9.53. The van der Waals surface area contributed by atoms with Crippen LogP contribution in [0.4, 0.5) is 11.4 Å². The Morgan fingerprint density at radius 1 is 1.21 bits per heavy atom. The molecule has 1 heterocycles. The van der Waals surface area contributed by atoms with Crippen LogP contribution in [0.3, 0.4) is 0 Å². The van der Waals surface area contributed by atoms with Gasteiger partial charge >= 0.3 is 0 Å². The monoisotopic (exact) mass is 350 g/mol. The molecule has 1 aromatic carbocycles. The molecule has 5 nitrogen and oxygen atoms in total. The van der Waals surface area contributed by atoms with Gasteiger partial charge in [-0.1, -0.05) is 20.8 Å². The Morgan fingerprint density at radius 3 is 2.58 bits per heavy atom. The molecule has 0 fully saturated rings. The van der Waals surface area contributed by atoms with Gasteiger partial charge in [0, 0.05) is 30.7 Å². The number of ether oxygens (including phenoxy) is 1. The van der Waals surface area contributed by atoms with E-state index in [0.29, 0.717) is 37.5 Å². The van der Waals surface area contributed by atoms with Crippen LogP contribution in [0.15, 0.2) is 12.1 Å². The molecule has 0 radical (unpaired) electrons. The molecule has 1 aliphatic heterocycles. The Balaban J connectivity index is 1.89. The summed E-state index contributed by atoms with van der Waals surface area (Å²) in [5.74, 6) is 0.707. The predicted octanol–water partition coefficient (Wildman–Crippen LogP) is 3.94. The predicted molar refractivity (Wildman–Crippen MR) is 101 cm³/mol. The topological polar surface area (TPSA) is 73.6 Å². The molecule has 0 spiro atoms. The fourth-order valence-electron chi connectivity index (χ4n) is 2.39. The number of nitrogens with one attached hydrogen (secondary N) is 1. The maximum absolute atomic E-state index is 11.6. The quantitative estimate of drug-likeness (QED) is 0.463.